The van der Waals surface area contributed by atoms with Gasteiger partial charge in [-0.05, 0) is 36.2 Å². The molecule has 0 aliphatic heterocycles. The smallest absolute Gasteiger partial charge is 0.124 e. The van der Waals surface area contributed by atoms with E-state index in [4.69, 9.17) is 27.9 Å². The number of hydrogen-bond donors (Lipinski definition) is 1. The molecule has 2 aromatic rings. The summed E-state index contributed by atoms with van der Waals surface area (Å²) >= 11 is 12.0. The highest BCUT2D eigenvalue weighted by Crippen LogP contribution is 2.24. The van der Waals surface area contributed by atoms with Crippen LogP contribution in [0.2, 0.25) is 10.0 Å². The lowest BCUT2D eigenvalue weighted by molar-refractivity contribution is 0.302. The van der Waals surface area contributed by atoms with E-state index in [-0.39, 0.29) is 0 Å². The average molecular weight is 338 g/mol. The minimum Gasteiger partial charge on any atom is -0.489 e. The summed E-state index contributed by atoms with van der Waals surface area (Å²) in [4.78, 5) is 0. The van der Waals surface area contributed by atoms with Crippen molar-refractivity contribution >= 4 is 23.2 Å². The Hall–Kier alpha value is -1.22. The van der Waals surface area contributed by atoms with Gasteiger partial charge in [0.1, 0.15) is 12.4 Å². The number of ether oxygens (including phenoxy) is 1. The molecule has 0 heterocycles. The monoisotopic (exact) mass is 337 g/mol. The summed E-state index contributed by atoms with van der Waals surface area (Å²) in [5.41, 5.74) is 2.16. The Morgan fingerprint density at radius 2 is 1.82 bits per heavy atom. The van der Waals surface area contributed by atoms with Gasteiger partial charge in [0.05, 0.1) is 10.0 Å². The van der Waals surface area contributed by atoms with Crippen LogP contribution in [-0.2, 0) is 13.2 Å². The van der Waals surface area contributed by atoms with Gasteiger partial charge >= 0.3 is 0 Å². The first-order valence-corrected chi connectivity index (χ1v) is 8.17. The Kier molecular flexibility index (Phi) is 6.56. The Morgan fingerprint density at radius 3 is 2.55 bits per heavy atom. The summed E-state index contributed by atoms with van der Waals surface area (Å²) in [5, 5.41) is 4.55. The highest BCUT2D eigenvalue weighted by Gasteiger charge is 2.05. The SMILES string of the molecule is CC(C)CNCc1ccccc1OCc1ccc(Cl)c(Cl)c1. The van der Waals surface area contributed by atoms with Gasteiger partial charge in [0.25, 0.3) is 0 Å². The molecule has 2 nitrogen and oxygen atoms in total. The van der Waals surface area contributed by atoms with Crippen molar-refractivity contribution in [1.29, 1.82) is 0 Å². The molecule has 2 aromatic carbocycles. The zero-order valence-electron chi connectivity index (χ0n) is 12.9. The zero-order valence-corrected chi connectivity index (χ0v) is 14.4. The van der Waals surface area contributed by atoms with Crippen LogP contribution in [0, 0.1) is 5.92 Å². The zero-order chi connectivity index (χ0) is 15.9. The molecule has 0 saturated heterocycles. The van der Waals surface area contributed by atoms with Crippen LogP contribution in [0.1, 0.15) is 25.0 Å². The number of halogens is 2. The van der Waals surface area contributed by atoms with Crippen LogP contribution in [0.15, 0.2) is 42.5 Å². The van der Waals surface area contributed by atoms with Gasteiger partial charge in [-0.25, -0.2) is 0 Å². The van der Waals surface area contributed by atoms with Gasteiger partial charge in [0, 0.05) is 12.1 Å². The van der Waals surface area contributed by atoms with Gasteiger partial charge in [-0.1, -0.05) is 61.3 Å². The number of nitrogens with one attached hydrogen (secondary N) is 1. The van der Waals surface area contributed by atoms with Crippen molar-refractivity contribution in [2.45, 2.75) is 27.0 Å². The summed E-state index contributed by atoms with van der Waals surface area (Å²) < 4.78 is 5.93. The van der Waals surface area contributed by atoms with E-state index in [0.717, 1.165) is 30.0 Å². The van der Waals surface area contributed by atoms with E-state index < -0.39 is 0 Å². The summed E-state index contributed by atoms with van der Waals surface area (Å²) in [5.74, 6) is 1.52. The number of rotatable bonds is 7. The number of para-hydroxylation sites is 1. The van der Waals surface area contributed by atoms with Crippen molar-refractivity contribution in [2.24, 2.45) is 5.92 Å². The lowest BCUT2D eigenvalue weighted by atomic mass is 10.1. The normalized spacial score (nSPS) is 11.0. The topological polar surface area (TPSA) is 21.3 Å². The predicted octanol–water partition coefficient (Wildman–Crippen LogP) is 5.32. The van der Waals surface area contributed by atoms with Gasteiger partial charge in [0.15, 0.2) is 0 Å². The van der Waals surface area contributed by atoms with E-state index >= 15 is 0 Å². The van der Waals surface area contributed by atoms with Gasteiger partial charge in [-0.3, -0.25) is 0 Å². The first-order valence-electron chi connectivity index (χ1n) is 7.41. The van der Waals surface area contributed by atoms with Crippen LogP contribution in [0.5, 0.6) is 5.75 Å². The van der Waals surface area contributed by atoms with Crippen LogP contribution in [0.25, 0.3) is 0 Å². The molecule has 0 atom stereocenters. The van der Waals surface area contributed by atoms with Crippen molar-refractivity contribution in [1.82, 2.24) is 5.32 Å². The molecule has 2 rings (SSSR count). The maximum atomic E-state index is 6.03. The summed E-state index contributed by atoms with van der Waals surface area (Å²) in [6.45, 7) is 6.65. The summed E-state index contributed by atoms with van der Waals surface area (Å²) in [7, 11) is 0. The fourth-order valence-corrected chi connectivity index (χ4v) is 2.40. The van der Waals surface area contributed by atoms with Crippen LogP contribution in [-0.4, -0.2) is 6.54 Å². The molecule has 0 aromatic heterocycles. The molecule has 0 amide bonds. The Morgan fingerprint density at radius 1 is 1.05 bits per heavy atom. The quantitative estimate of drug-likeness (QED) is 0.738. The molecule has 0 radical (unpaired) electrons. The van der Waals surface area contributed by atoms with E-state index in [0.29, 0.717) is 22.6 Å². The molecule has 0 spiro atoms. The Balaban J connectivity index is 1.98. The third-order valence-corrected chi connectivity index (χ3v) is 3.96. The highest BCUT2D eigenvalue weighted by molar-refractivity contribution is 6.42. The minimum atomic E-state index is 0.470. The third-order valence-electron chi connectivity index (χ3n) is 3.22. The van der Waals surface area contributed by atoms with Crippen molar-refractivity contribution < 1.29 is 4.74 Å². The van der Waals surface area contributed by atoms with Crippen LogP contribution in [0.4, 0.5) is 0 Å². The molecule has 1 N–H and O–H groups in total. The van der Waals surface area contributed by atoms with Gasteiger partial charge in [-0.2, -0.15) is 0 Å². The lowest BCUT2D eigenvalue weighted by Crippen LogP contribution is -2.19. The predicted molar refractivity (Wildman–Crippen MR) is 93.8 cm³/mol. The van der Waals surface area contributed by atoms with E-state index in [1.54, 1.807) is 6.07 Å². The second kappa shape index (κ2) is 8.42. The maximum Gasteiger partial charge on any atom is 0.124 e. The van der Waals surface area contributed by atoms with Crippen LogP contribution < -0.4 is 10.1 Å². The molecular weight excluding hydrogens is 317 g/mol. The molecule has 0 aliphatic carbocycles. The molecule has 0 unspecified atom stereocenters. The van der Waals surface area contributed by atoms with Crippen molar-refractivity contribution in [3.8, 4) is 5.75 Å². The second-order valence-electron chi connectivity index (χ2n) is 5.67. The highest BCUT2D eigenvalue weighted by atomic mass is 35.5. The van der Waals surface area contributed by atoms with Gasteiger partial charge in [0.2, 0.25) is 0 Å². The molecule has 0 saturated carbocycles. The maximum absolute atomic E-state index is 6.03. The summed E-state index contributed by atoms with van der Waals surface area (Å²) in [6, 6.07) is 13.6. The third kappa shape index (κ3) is 5.20. The second-order valence-corrected chi connectivity index (χ2v) is 6.48. The largest absolute Gasteiger partial charge is 0.489 e. The molecule has 4 heteroatoms. The van der Waals surface area contributed by atoms with Crippen molar-refractivity contribution in [3.63, 3.8) is 0 Å². The van der Waals surface area contributed by atoms with E-state index in [1.165, 1.54) is 0 Å². The Bertz CT molecular complexity index is 614. The fraction of sp³-hybridized carbons (Fsp3) is 0.333. The minimum absolute atomic E-state index is 0.470. The molecule has 0 fully saturated rings. The van der Waals surface area contributed by atoms with Gasteiger partial charge in [-0.15, -0.1) is 0 Å². The van der Waals surface area contributed by atoms with E-state index in [1.807, 2.05) is 30.3 Å². The van der Waals surface area contributed by atoms with Crippen LogP contribution >= 0.6 is 23.2 Å². The number of benzene rings is 2. The Labute approximate surface area is 142 Å². The van der Waals surface area contributed by atoms with E-state index in [2.05, 4.69) is 25.2 Å². The number of hydrogen-bond acceptors (Lipinski definition) is 2. The molecule has 0 aliphatic rings. The molecular formula is C18H21Cl2NO. The molecule has 22 heavy (non-hydrogen) atoms. The molecule has 118 valence electrons. The first kappa shape index (κ1) is 17.1. The standard InChI is InChI=1S/C18H21Cl2NO/c1-13(2)10-21-11-15-5-3-4-6-18(15)22-12-14-7-8-16(19)17(20)9-14/h3-9,13,21H,10-12H2,1-2H3. The first-order chi connectivity index (χ1) is 10.6. The molecule has 0 bridgehead atoms. The summed E-state index contributed by atoms with van der Waals surface area (Å²) in [6.07, 6.45) is 0. The fourth-order valence-electron chi connectivity index (χ4n) is 2.08. The average Bonchev–Trinajstić information content (AvgIpc) is 2.49. The van der Waals surface area contributed by atoms with Crippen LogP contribution in [0.3, 0.4) is 0 Å². The van der Waals surface area contributed by atoms with E-state index in [9.17, 15) is 0 Å². The lowest BCUT2D eigenvalue weighted by Gasteiger charge is -2.13. The van der Waals surface area contributed by atoms with Gasteiger partial charge < -0.3 is 10.1 Å². The van der Waals surface area contributed by atoms with Crippen molar-refractivity contribution in [3.05, 3.63) is 63.6 Å². The van der Waals surface area contributed by atoms with Crippen molar-refractivity contribution in [2.75, 3.05) is 6.54 Å².